The molecule has 5 nitrogen and oxygen atoms in total. The average molecular weight is 247 g/mol. The number of benzene rings is 1. The molecule has 2 saturated heterocycles. The number of nitrogens with two attached hydrogens (primary N) is 2. The third kappa shape index (κ3) is 1.90. The molecule has 1 aromatic carbocycles. The maximum absolute atomic E-state index is 12.1. The molecule has 3 rings (SSSR count). The zero-order chi connectivity index (χ0) is 12.7. The van der Waals surface area contributed by atoms with Gasteiger partial charge in [-0.15, -0.1) is 0 Å². The Hall–Kier alpha value is -1.75. The van der Waals surface area contributed by atoms with Gasteiger partial charge in [-0.05, 0) is 37.5 Å². The molecule has 0 saturated carbocycles. The van der Waals surface area contributed by atoms with E-state index in [1.165, 1.54) is 0 Å². The van der Waals surface area contributed by atoms with Crippen molar-refractivity contribution in [2.75, 3.05) is 11.5 Å². The highest BCUT2D eigenvalue weighted by atomic mass is 16.5. The topological polar surface area (TPSA) is 90.4 Å². The largest absolute Gasteiger partial charge is 0.399 e. The molecular weight excluding hydrogens is 230 g/mol. The minimum Gasteiger partial charge on any atom is -0.399 e. The first-order valence-corrected chi connectivity index (χ1v) is 6.25. The monoisotopic (exact) mass is 247 g/mol. The lowest BCUT2D eigenvalue weighted by molar-refractivity contribution is 0.0841. The number of nitrogen functional groups attached to an aromatic ring is 2. The van der Waals surface area contributed by atoms with Crippen molar-refractivity contribution in [2.45, 2.75) is 37.5 Å². The van der Waals surface area contributed by atoms with Crippen molar-refractivity contribution >= 4 is 17.3 Å². The molecule has 0 aliphatic carbocycles. The fraction of sp³-hybridized carbons (Fsp3) is 0.462. The van der Waals surface area contributed by atoms with Crippen LogP contribution in [-0.2, 0) is 4.74 Å². The van der Waals surface area contributed by atoms with Crippen LogP contribution in [0.1, 0.15) is 29.6 Å². The van der Waals surface area contributed by atoms with Crippen LogP contribution in [-0.4, -0.2) is 24.2 Å². The highest BCUT2D eigenvalue weighted by Gasteiger charge is 2.41. The number of anilines is 2. The number of carbonyl (C=O) groups is 1. The first-order chi connectivity index (χ1) is 8.63. The summed E-state index contributed by atoms with van der Waals surface area (Å²) in [5.74, 6) is -0.145. The van der Waals surface area contributed by atoms with Crippen molar-refractivity contribution in [3.8, 4) is 0 Å². The van der Waals surface area contributed by atoms with Gasteiger partial charge in [0.2, 0.25) is 0 Å². The second kappa shape index (κ2) is 4.17. The number of carbonyl (C=O) groups excluding carboxylic acids is 1. The Bertz CT molecular complexity index is 489. The third-order valence-corrected chi connectivity index (χ3v) is 3.74. The van der Waals surface area contributed by atoms with E-state index in [4.69, 9.17) is 16.2 Å². The predicted octanol–water partition coefficient (Wildman–Crippen LogP) is 0.901. The van der Waals surface area contributed by atoms with Gasteiger partial charge in [-0.3, -0.25) is 4.79 Å². The summed E-state index contributed by atoms with van der Waals surface area (Å²) in [6.07, 6.45) is 3.55. The smallest absolute Gasteiger partial charge is 0.253 e. The van der Waals surface area contributed by atoms with Gasteiger partial charge in [0.1, 0.15) is 0 Å². The second-order valence-electron chi connectivity index (χ2n) is 5.04. The summed E-state index contributed by atoms with van der Waals surface area (Å²) in [6.45, 7) is 0. The van der Waals surface area contributed by atoms with Crippen LogP contribution in [0, 0.1) is 0 Å². The van der Waals surface area contributed by atoms with E-state index in [2.05, 4.69) is 5.32 Å². The molecule has 2 aliphatic rings. The summed E-state index contributed by atoms with van der Waals surface area (Å²) in [5.41, 5.74) is 12.9. The predicted molar refractivity (Wildman–Crippen MR) is 69.0 cm³/mol. The molecule has 0 spiro atoms. The van der Waals surface area contributed by atoms with Crippen molar-refractivity contribution in [3.63, 3.8) is 0 Å². The van der Waals surface area contributed by atoms with Crippen LogP contribution in [0.5, 0.6) is 0 Å². The molecule has 0 radical (unpaired) electrons. The Kier molecular flexibility index (Phi) is 2.63. The summed E-state index contributed by atoms with van der Waals surface area (Å²) in [7, 11) is 0. The lowest BCUT2D eigenvalue weighted by atomic mass is 9.95. The van der Waals surface area contributed by atoms with E-state index < -0.39 is 0 Å². The van der Waals surface area contributed by atoms with Gasteiger partial charge in [-0.2, -0.15) is 0 Å². The van der Waals surface area contributed by atoms with Gasteiger partial charge in [0.05, 0.1) is 23.8 Å². The maximum Gasteiger partial charge on any atom is 0.253 e. The molecule has 3 atom stereocenters. The van der Waals surface area contributed by atoms with E-state index in [0.717, 1.165) is 19.3 Å². The van der Waals surface area contributed by atoms with Crippen molar-refractivity contribution in [1.29, 1.82) is 0 Å². The van der Waals surface area contributed by atoms with Crippen LogP contribution < -0.4 is 16.8 Å². The highest BCUT2D eigenvalue weighted by Crippen LogP contribution is 2.34. The molecule has 5 heteroatoms. The number of nitrogens with one attached hydrogen (secondary N) is 1. The van der Waals surface area contributed by atoms with Crippen LogP contribution in [0.4, 0.5) is 11.4 Å². The van der Waals surface area contributed by atoms with E-state index in [1.54, 1.807) is 18.2 Å². The summed E-state index contributed by atoms with van der Waals surface area (Å²) in [5, 5.41) is 3.00. The van der Waals surface area contributed by atoms with Crippen molar-refractivity contribution < 1.29 is 9.53 Å². The summed E-state index contributed by atoms with van der Waals surface area (Å²) < 4.78 is 5.71. The number of hydrogen-bond donors (Lipinski definition) is 3. The fourth-order valence-electron chi connectivity index (χ4n) is 2.82. The molecule has 2 aliphatic heterocycles. The third-order valence-electron chi connectivity index (χ3n) is 3.74. The van der Waals surface area contributed by atoms with Crippen LogP contribution >= 0.6 is 0 Å². The standard InChI is InChI=1S/C13H17N3O2/c14-7-1-3-9(10(15)5-7)13(17)16-11-6-8-2-4-12(11)18-8/h1,3,5,8,11-12H,2,4,6,14-15H2,(H,16,17). The molecule has 2 fully saturated rings. The molecule has 5 N–H and O–H groups in total. The average Bonchev–Trinajstić information content (AvgIpc) is 2.90. The molecular formula is C13H17N3O2. The molecule has 18 heavy (non-hydrogen) atoms. The fourth-order valence-corrected chi connectivity index (χ4v) is 2.82. The Morgan fingerprint density at radius 1 is 1.33 bits per heavy atom. The lowest BCUT2D eigenvalue weighted by Crippen LogP contribution is -2.41. The first kappa shape index (κ1) is 11.3. The van der Waals surface area contributed by atoms with Crippen LogP contribution in [0.25, 0.3) is 0 Å². The van der Waals surface area contributed by atoms with Gasteiger partial charge >= 0.3 is 0 Å². The van der Waals surface area contributed by atoms with Crippen molar-refractivity contribution in [2.24, 2.45) is 0 Å². The molecule has 1 amide bonds. The molecule has 0 aromatic heterocycles. The van der Waals surface area contributed by atoms with Crippen LogP contribution in [0.3, 0.4) is 0 Å². The number of amides is 1. The normalized spacial score (nSPS) is 29.4. The summed E-state index contributed by atoms with van der Waals surface area (Å²) in [6, 6.07) is 5.07. The second-order valence-corrected chi connectivity index (χ2v) is 5.04. The van der Waals surface area contributed by atoms with E-state index in [9.17, 15) is 4.79 Å². The molecule has 2 bridgehead atoms. The quantitative estimate of drug-likeness (QED) is 0.677. The minimum atomic E-state index is -0.145. The number of ether oxygens (including phenoxy) is 1. The van der Waals surface area contributed by atoms with Crippen molar-refractivity contribution in [3.05, 3.63) is 23.8 Å². The van der Waals surface area contributed by atoms with E-state index >= 15 is 0 Å². The number of rotatable bonds is 2. The molecule has 2 heterocycles. The Morgan fingerprint density at radius 3 is 2.78 bits per heavy atom. The number of fused-ring (bicyclic) bond motifs is 2. The molecule has 96 valence electrons. The Labute approximate surface area is 105 Å². The summed E-state index contributed by atoms with van der Waals surface area (Å²) >= 11 is 0. The van der Waals surface area contributed by atoms with Gasteiger partial charge in [0, 0.05) is 11.4 Å². The van der Waals surface area contributed by atoms with Gasteiger partial charge in [0.25, 0.3) is 5.91 Å². The van der Waals surface area contributed by atoms with Gasteiger partial charge in [-0.25, -0.2) is 0 Å². The van der Waals surface area contributed by atoms with Gasteiger partial charge in [-0.1, -0.05) is 0 Å². The van der Waals surface area contributed by atoms with Crippen LogP contribution in [0.15, 0.2) is 18.2 Å². The zero-order valence-corrected chi connectivity index (χ0v) is 10.1. The van der Waals surface area contributed by atoms with E-state index in [-0.39, 0.29) is 18.1 Å². The van der Waals surface area contributed by atoms with Crippen molar-refractivity contribution in [1.82, 2.24) is 5.32 Å². The number of hydrogen-bond acceptors (Lipinski definition) is 4. The molecule has 1 aromatic rings. The highest BCUT2D eigenvalue weighted by molar-refractivity contribution is 5.99. The van der Waals surface area contributed by atoms with E-state index in [0.29, 0.717) is 23.0 Å². The minimum absolute atomic E-state index is 0.119. The van der Waals surface area contributed by atoms with Gasteiger partial charge < -0.3 is 21.5 Å². The molecule has 3 unspecified atom stereocenters. The SMILES string of the molecule is Nc1ccc(C(=O)NC2CC3CCC2O3)c(N)c1. The first-order valence-electron chi connectivity index (χ1n) is 6.25. The summed E-state index contributed by atoms with van der Waals surface area (Å²) in [4.78, 5) is 12.1. The maximum atomic E-state index is 12.1. The van der Waals surface area contributed by atoms with E-state index in [1.807, 2.05) is 0 Å². The Morgan fingerprint density at radius 2 is 2.17 bits per heavy atom. The zero-order valence-electron chi connectivity index (χ0n) is 10.1. The van der Waals surface area contributed by atoms with Crippen LogP contribution in [0.2, 0.25) is 0 Å². The Balaban J connectivity index is 1.71. The lowest BCUT2D eigenvalue weighted by Gasteiger charge is -2.20. The van der Waals surface area contributed by atoms with Gasteiger partial charge in [0.15, 0.2) is 0 Å².